The first kappa shape index (κ1) is 17.7. The van der Waals surface area contributed by atoms with Gasteiger partial charge in [0.05, 0.1) is 19.3 Å². The lowest BCUT2D eigenvalue weighted by Crippen LogP contribution is -2.14. The van der Waals surface area contributed by atoms with Gasteiger partial charge < -0.3 is 14.8 Å². The number of carbonyl (C=O) groups excluding carboxylic acids is 1. The van der Waals surface area contributed by atoms with Gasteiger partial charge in [0.1, 0.15) is 0 Å². The van der Waals surface area contributed by atoms with Gasteiger partial charge >= 0.3 is 6.18 Å². The average Bonchev–Trinajstić information content (AvgIpc) is 2.55. The number of hydrogen-bond acceptors (Lipinski definition) is 3. The van der Waals surface area contributed by atoms with Crippen molar-refractivity contribution in [3.05, 3.63) is 53.6 Å². The van der Waals surface area contributed by atoms with Gasteiger partial charge in [-0.15, -0.1) is 0 Å². The van der Waals surface area contributed by atoms with Crippen molar-refractivity contribution in [1.82, 2.24) is 0 Å². The summed E-state index contributed by atoms with van der Waals surface area (Å²) in [5.74, 6) is 0.281. The van der Waals surface area contributed by atoms with Crippen LogP contribution in [0.15, 0.2) is 42.5 Å². The second-order valence-corrected chi connectivity index (χ2v) is 4.83. The highest BCUT2D eigenvalue weighted by atomic mass is 19.4. The van der Waals surface area contributed by atoms with Crippen molar-refractivity contribution in [2.45, 2.75) is 13.1 Å². The summed E-state index contributed by atoms with van der Waals surface area (Å²) < 4.78 is 48.7. The fourth-order valence-corrected chi connectivity index (χ4v) is 2.06. The van der Waals surface area contributed by atoms with Crippen LogP contribution in [0.2, 0.25) is 0 Å². The topological polar surface area (TPSA) is 47.6 Å². The third kappa shape index (κ3) is 4.18. The molecule has 0 saturated heterocycles. The molecular formula is C17H16F3NO3. The second-order valence-electron chi connectivity index (χ2n) is 4.83. The molecular weight excluding hydrogens is 323 g/mol. The summed E-state index contributed by atoms with van der Waals surface area (Å²) in [4.78, 5) is 12.2. The van der Waals surface area contributed by atoms with Crippen molar-refractivity contribution in [1.29, 1.82) is 0 Å². The predicted octanol–water partition coefficient (Wildman–Crippen LogP) is 4.37. The van der Waals surface area contributed by atoms with Gasteiger partial charge in [-0.25, -0.2) is 0 Å². The summed E-state index contributed by atoms with van der Waals surface area (Å²) >= 11 is 0. The van der Waals surface area contributed by atoms with E-state index in [-0.39, 0.29) is 5.56 Å². The summed E-state index contributed by atoms with van der Waals surface area (Å²) in [7, 11) is 1.45. The van der Waals surface area contributed by atoms with E-state index in [0.29, 0.717) is 23.8 Å². The van der Waals surface area contributed by atoms with Crippen LogP contribution in [0.4, 0.5) is 18.9 Å². The summed E-state index contributed by atoms with van der Waals surface area (Å²) in [6.45, 7) is 2.27. The Bertz CT molecular complexity index is 729. The van der Waals surface area contributed by atoms with E-state index < -0.39 is 17.6 Å². The molecule has 0 atom stereocenters. The molecule has 24 heavy (non-hydrogen) atoms. The number of methoxy groups -OCH3 is 1. The van der Waals surface area contributed by atoms with Crippen LogP contribution in [0, 0.1) is 0 Å². The van der Waals surface area contributed by atoms with Crippen LogP contribution in [0.3, 0.4) is 0 Å². The maximum absolute atomic E-state index is 12.7. The van der Waals surface area contributed by atoms with Crippen molar-refractivity contribution >= 4 is 11.6 Å². The molecule has 0 saturated carbocycles. The van der Waals surface area contributed by atoms with E-state index in [1.165, 1.54) is 25.3 Å². The molecule has 128 valence electrons. The molecule has 0 bridgehead atoms. The van der Waals surface area contributed by atoms with E-state index in [2.05, 4.69) is 5.32 Å². The number of hydrogen-bond donors (Lipinski definition) is 1. The predicted molar refractivity (Wildman–Crippen MR) is 83.6 cm³/mol. The molecule has 0 aromatic heterocycles. The van der Waals surface area contributed by atoms with Crippen molar-refractivity contribution in [2.24, 2.45) is 0 Å². The maximum Gasteiger partial charge on any atom is 0.416 e. The summed E-state index contributed by atoms with van der Waals surface area (Å²) in [5, 5.41) is 2.54. The molecule has 0 aliphatic rings. The maximum atomic E-state index is 12.7. The van der Waals surface area contributed by atoms with Gasteiger partial charge in [-0.2, -0.15) is 13.2 Å². The second kappa shape index (κ2) is 7.25. The summed E-state index contributed by atoms with van der Waals surface area (Å²) in [6.07, 6.45) is -4.50. The number of ether oxygens (including phenoxy) is 2. The quantitative estimate of drug-likeness (QED) is 0.880. The summed E-state index contributed by atoms with van der Waals surface area (Å²) in [6, 6.07) is 8.96. The van der Waals surface area contributed by atoms with Crippen LogP contribution in [0.5, 0.6) is 11.5 Å². The Labute approximate surface area is 137 Å². The van der Waals surface area contributed by atoms with Crippen LogP contribution in [-0.4, -0.2) is 19.6 Å². The first-order valence-electron chi connectivity index (χ1n) is 7.14. The first-order chi connectivity index (χ1) is 11.3. The molecule has 0 fully saturated rings. The lowest BCUT2D eigenvalue weighted by molar-refractivity contribution is -0.137. The van der Waals surface area contributed by atoms with E-state index in [9.17, 15) is 18.0 Å². The van der Waals surface area contributed by atoms with Crippen molar-refractivity contribution in [2.75, 3.05) is 19.0 Å². The number of amides is 1. The molecule has 2 aromatic rings. The third-order valence-electron chi connectivity index (χ3n) is 3.17. The smallest absolute Gasteiger partial charge is 0.416 e. The molecule has 4 nitrogen and oxygen atoms in total. The SMILES string of the molecule is CCOc1ccc(NC(=O)c2cccc(C(F)(F)F)c2)cc1OC. The van der Waals surface area contributed by atoms with E-state index in [0.717, 1.165) is 12.1 Å². The minimum Gasteiger partial charge on any atom is -0.493 e. The van der Waals surface area contributed by atoms with Gasteiger partial charge in [0.2, 0.25) is 0 Å². The molecule has 2 rings (SSSR count). The zero-order valence-electron chi connectivity index (χ0n) is 13.1. The molecule has 1 N–H and O–H groups in total. The van der Waals surface area contributed by atoms with Crippen LogP contribution in [0.1, 0.15) is 22.8 Å². The number of rotatable bonds is 5. The summed E-state index contributed by atoms with van der Waals surface area (Å²) in [5.41, 5.74) is -0.574. The standard InChI is InChI=1S/C17H16F3NO3/c1-3-24-14-8-7-13(10-15(14)23-2)21-16(22)11-5-4-6-12(9-11)17(18,19)20/h4-10H,3H2,1-2H3,(H,21,22). The Morgan fingerprint density at radius 2 is 1.88 bits per heavy atom. The van der Waals surface area contributed by atoms with Crippen LogP contribution >= 0.6 is 0 Å². The van der Waals surface area contributed by atoms with Crippen molar-refractivity contribution in [3.63, 3.8) is 0 Å². The van der Waals surface area contributed by atoms with E-state index in [4.69, 9.17) is 9.47 Å². The zero-order valence-corrected chi connectivity index (χ0v) is 13.1. The zero-order chi connectivity index (χ0) is 17.7. The number of halogens is 3. The van der Waals surface area contributed by atoms with Gasteiger partial charge in [-0.3, -0.25) is 4.79 Å². The molecule has 0 aliphatic heterocycles. The largest absolute Gasteiger partial charge is 0.493 e. The first-order valence-corrected chi connectivity index (χ1v) is 7.14. The van der Waals surface area contributed by atoms with Crippen molar-refractivity contribution in [3.8, 4) is 11.5 Å². The Morgan fingerprint density at radius 3 is 2.50 bits per heavy atom. The van der Waals surface area contributed by atoms with Gasteiger partial charge in [0.25, 0.3) is 5.91 Å². The van der Waals surface area contributed by atoms with E-state index in [1.807, 2.05) is 6.92 Å². The Hall–Kier alpha value is -2.70. The highest BCUT2D eigenvalue weighted by Gasteiger charge is 2.30. The molecule has 7 heteroatoms. The molecule has 0 radical (unpaired) electrons. The molecule has 0 aliphatic carbocycles. The van der Waals surface area contributed by atoms with Gasteiger partial charge in [-0.1, -0.05) is 6.07 Å². The normalized spacial score (nSPS) is 11.0. The Kier molecular flexibility index (Phi) is 5.33. The molecule has 0 spiro atoms. The van der Waals surface area contributed by atoms with Crippen LogP contribution in [0.25, 0.3) is 0 Å². The monoisotopic (exact) mass is 339 g/mol. The number of alkyl halides is 3. The minimum absolute atomic E-state index is 0.0855. The fraction of sp³-hybridized carbons (Fsp3) is 0.235. The lowest BCUT2D eigenvalue weighted by atomic mass is 10.1. The minimum atomic E-state index is -4.50. The number of benzene rings is 2. The molecule has 2 aromatic carbocycles. The number of anilines is 1. The number of carbonyl (C=O) groups is 1. The van der Waals surface area contributed by atoms with E-state index >= 15 is 0 Å². The fourth-order valence-electron chi connectivity index (χ4n) is 2.06. The van der Waals surface area contributed by atoms with Crippen molar-refractivity contribution < 1.29 is 27.4 Å². The van der Waals surface area contributed by atoms with Gasteiger partial charge in [-0.05, 0) is 37.3 Å². The van der Waals surface area contributed by atoms with Gasteiger partial charge in [0, 0.05) is 17.3 Å². The highest BCUT2D eigenvalue weighted by molar-refractivity contribution is 6.04. The highest BCUT2D eigenvalue weighted by Crippen LogP contribution is 2.31. The van der Waals surface area contributed by atoms with Crippen LogP contribution < -0.4 is 14.8 Å². The van der Waals surface area contributed by atoms with Crippen LogP contribution in [-0.2, 0) is 6.18 Å². The molecule has 0 heterocycles. The molecule has 1 amide bonds. The van der Waals surface area contributed by atoms with Gasteiger partial charge in [0.15, 0.2) is 11.5 Å². The number of nitrogens with one attached hydrogen (secondary N) is 1. The molecule has 0 unspecified atom stereocenters. The Balaban J connectivity index is 2.21. The average molecular weight is 339 g/mol. The lowest BCUT2D eigenvalue weighted by Gasteiger charge is -2.12. The third-order valence-corrected chi connectivity index (χ3v) is 3.17. The Morgan fingerprint density at radius 1 is 1.12 bits per heavy atom. The van der Waals surface area contributed by atoms with E-state index in [1.54, 1.807) is 12.1 Å².